The molecule has 0 aliphatic rings. The van der Waals surface area contributed by atoms with Gasteiger partial charge in [-0.3, -0.25) is 9.59 Å². The first-order valence-corrected chi connectivity index (χ1v) is 11.9. The van der Waals surface area contributed by atoms with Gasteiger partial charge in [-0.05, 0) is 57.0 Å². The van der Waals surface area contributed by atoms with Crippen molar-refractivity contribution in [2.75, 3.05) is 25.0 Å². The Kier molecular flexibility index (Phi) is 7.63. The lowest BCUT2D eigenvalue weighted by atomic mass is 10.0. The number of carbonyl (C=O) groups is 3. The Hall–Kier alpha value is -2.78. The highest BCUT2D eigenvalue weighted by atomic mass is 79.9. The predicted molar refractivity (Wildman–Crippen MR) is 130 cm³/mol. The molecule has 168 valence electrons. The van der Waals surface area contributed by atoms with Crippen LogP contribution in [0.15, 0.2) is 34.8 Å². The molecule has 0 saturated carbocycles. The molecule has 1 aromatic carbocycles. The molecule has 0 atom stereocenters. The van der Waals surface area contributed by atoms with Gasteiger partial charge in [-0.2, -0.15) is 0 Å². The largest absolute Gasteiger partial charge is 0.459 e. The summed E-state index contributed by atoms with van der Waals surface area (Å²) in [6, 6.07) is 9.63. The van der Waals surface area contributed by atoms with E-state index in [0.29, 0.717) is 28.2 Å². The van der Waals surface area contributed by atoms with E-state index in [-0.39, 0.29) is 18.2 Å². The number of ether oxygens (including phenoxy) is 1. The summed E-state index contributed by atoms with van der Waals surface area (Å²) in [4.78, 5) is 45.1. The molecule has 9 heteroatoms. The number of halogens is 1. The molecule has 3 aromatic rings. The Bertz CT molecular complexity index is 1170. The van der Waals surface area contributed by atoms with E-state index in [9.17, 15) is 14.4 Å². The number of anilines is 1. The molecular weight excluding hydrogens is 494 g/mol. The van der Waals surface area contributed by atoms with Gasteiger partial charge in [0.15, 0.2) is 0 Å². The van der Waals surface area contributed by atoms with Crippen LogP contribution in [0.25, 0.3) is 21.3 Å². The molecule has 2 amide bonds. The van der Waals surface area contributed by atoms with Crippen molar-refractivity contribution in [2.24, 2.45) is 0 Å². The number of aryl methyl sites for hydroxylation is 1. The van der Waals surface area contributed by atoms with E-state index in [1.807, 2.05) is 51.1 Å². The lowest BCUT2D eigenvalue weighted by Crippen LogP contribution is -2.31. The maximum Gasteiger partial charge on any atom is 0.397 e. The van der Waals surface area contributed by atoms with E-state index in [2.05, 4.69) is 26.2 Å². The zero-order chi connectivity index (χ0) is 23.4. The van der Waals surface area contributed by atoms with Gasteiger partial charge < -0.3 is 15.0 Å². The number of nitrogens with zero attached hydrogens (tertiary/aromatic N) is 2. The molecule has 2 heterocycles. The van der Waals surface area contributed by atoms with Gasteiger partial charge >= 0.3 is 11.9 Å². The lowest BCUT2D eigenvalue weighted by molar-refractivity contribution is -0.152. The molecule has 32 heavy (non-hydrogen) atoms. The van der Waals surface area contributed by atoms with Crippen LogP contribution in [0.2, 0.25) is 0 Å². The van der Waals surface area contributed by atoms with Gasteiger partial charge in [0.2, 0.25) is 0 Å². The van der Waals surface area contributed by atoms with E-state index in [1.54, 1.807) is 11.8 Å². The summed E-state index contributed by atoms with van der Waals surface area (Å²) in [5.74, 6) is -2.16. The Morgan fingerprint density at radius 3 is 2.38 bits per heavy atom. The lowest BCUT2D eigenvalue weighted by Gasteiger charge is -2.18. The van der Waals surface area contributed by atoms with Crippen LogP contribution in [0.1, 0.15) is 36.1 Å². The van der Waals surface area contributed by atoms with Crippen molar-refractivity contribution in [1.82, 2.24) is 9.88 Å². The third-order valence-electron chi connectivity index (χ3n) is 4.89. The zero-order valence-electron chi connectivity index (χ0n) is 18.3. The van der Waals surface area contributed by atoms with Crippen molar-refractivity contribution < 1.29 is 19.1 Å². The summed E-state index contributed by atoms with van der Waals surface area (Å²) < 4.78 is 5.77. The molecule has 0 bridgehead atoms. The number of carbonyl (C=O) groups excluding carboxylic acids is 3. The number of aromatic nitrogens is 1. The molecule has 7 nitrogen and oxygen atoms in total. The summed E-state index contributed by atoms with van der Waals surface area (Å²) in [5, 5.41) is 3.26. The molecule has 1 N–H and O–H groups in total. The summed E-state index contributed by atoms with van der Waals surface area (Å²) in [7, 11) is 0. The van der Waals surface area contributed by atoms with Gasteiger partial charge in [-0.1, -0.05) is 28.1 Å². The van der Waals surface area contributed by atoms with Crippen molar-refractivity contribution in [3.8, 4) is 11.1 Å². The van der Waals surface area contributed by atoms with E-state index < -0.39 is 11.9 Å². The van der Waals surface area contributed by atoms with Crippen LogP contribution in [-0.2, 0) is 14.3 Å². The second kappa shape index (κ2) is 10.2. The molecule has 0 unspecified atom stereocenters. The summed E-state index contributed by atoms with van der Waals surface area (Å²) in [5.41, 5.74) is 2.77. The summed E-state index contributed by atoms with van der Waals surface area (Å²) in [6.45, 7) is 8.39. The number of thiophene rings is 1. The average molecular weight is 518 g/mol. The molecule has 0 aliphatic carbocycles. The van der Waals surface area contributed by atoms with Gasteiger partial charge in [0.25, 0.3) is 5.91 Å². The number of fused-ring (bicyclic) bond motifs is 1. The number of amides is 2. The fraction of sp³-hybridized carbons (Fsp3) is 0.304. The van der Waals surface area contributed by atoms with E-state index in [1.165, 1.54) is 11.3 Å². The van der Waals surface area contributed by atoms with Crippen LogP contribution in [-0.4, -0.2) is 47.4 Å². The fourth-order valence-corrected chi connectivity index (χ4v) is 4.80. The van der Waals surface area contributed by atoms with E-state index in [0.717, 1.165) is 21.3 Å². The fourth-order valence-electron chi connectivity index (χ4n) is 3.36. The molecule has 0 saturated heterocycles. The van der Waals surface area contributed by atoms with Crippen LogP contribution in [0.5, 0.6) is 0 Å². The van der Waals surface area contributed by atoms with Crippen LogP contribution in [0, 0.1) is 6.92 Å². The van der Waals surface area contributed by atoms with Crippen molar-refractivity contribution in [3.05, 3.63) is 45.4 Å². The van der Waals surface area contributed by atoms with Gasteiger partial charge in [0.1, 0.15) is 9.71 Å². The van der Waals surface area contributed by atoms with Gasteiger partial charge in [0.05, 0.1) is 12.3 Å². The van der Waals surface area contributed by atoms with Crippen LogP contribution >= 0.6 is 27.3 Å². The number of pyridine rings is 1. The number of rotatable bonds is 6. The maximum atomic E-state index is 13.3. The maximum absolute atomic E-state index is 13.3. The quantitative estimate of drug-likeness (QED) is 0.366. The number of hydrogen-bond acceptors (Lipinski definition) is 6. The highest BCUT2D eigenvalue weighted by molar-refractivity contribution is 9.10. The molecule has 2 aromatic heterocycles. The standard InChI is InChI=1S/C23H24BrN3O4S/c1-5-27(6-2)22(29)19-18(26-20(28)23(30)31-7-3)17-16(12-13(4)25-21(17)32-19)14-8-10-15(24)11-9-14/h8-12H,5-7H2,1-4H3,(H,26,28). The molecule has 0 spiro atoms. The highest BCUT2D eigenvalue weighted by Crippen LogP contribution is 2.42. The third-order valence-corrected chi connectivity index (χ3v) is 6.49. The van der Waals surface area contributed by atoms with Crippen molar-refractivity contribution in [2.45, 2.75) is 27.7 Å². The molecule has 0 aliphatic heterocycles. The number of nitrogens with one attached hydrogen (secondary N) is 1. The van der Waals surface area contributed by atoms with Gasteiger partial charge in [-0.15, -0.1) is 11.3 Å². The number of benzene rings is 1. The Morgan fingerprint density at radius 1 is 1.12 bits per heavy atom. The predicted octanol–water partition coefficient (Wildman–Crippen LogP) is 5.02. The van der Waals surface area contributed by atoms with Crippen molar-refractivity contribution in [1.29, 1.82) is 0 Å². The second-order valence-corrected chi connectivity index (χ2v) is 8.87. The van der Waals surface area contributed by atoms with Crippen LogP contribution in [0.3, 0.4) is 0 Å². The average Bonchev–Trinajstić information content (AvgIpc) is 3.12. The first kappa shape index (κ1) is 23.9. The normalized spacial score (nSPS) is 10.8. The second-order valence-electron chi connectivity index (χ2n) is 6.96. The first-order valence-electron chi connectivity index (χ1n) is 10.3. The highest BCUT2D eigenvalue weighted by Gasteiger charge is 2.28. The third kappa shape index (κ3) is 4.83. The monoisotopic (exact) mass is 517 g/mol. The minimum absolute atomic E-state index is 0.0762. The molecular formula is C23H24BrN3O4S. The van der Waals surface area contributed by atoms with E-state index in [4.69, 9.17) is 4.74 Å². The first-order chi connectivity index (χ1) is 15.3. The van der Waals surface area contributed by atoms with E-state index >= 15 is 0 Å². The Morgan fingerprint density at radius 2 is 1.78 bits per heavy atom. The topological polar surface area (TPSA) is 88.6 Å². The van der Waals surface area contributed by atoms with Gasteiger partial charge in [0, 0.05) is 28.6 Å². The van der Waals surface area contributed by atoms with Crippen molar-refractivity contribution in [3.63, 3.8) is 0 Å². The molecule has 0 fully saturated rings. The number of hydrogen-bond donors (Lipinski definition) is 1. The minimum Gasteiger partial charge on any atom is -0.459 e. The Labute approximate surface area is 198 Å². The Balaban J connectivity index is 2.27. The molecule has 0 radical (unpaired) electrons. The smallest absolute Gasteiger partial charge is 0.397 e. The van der Waals surface area contributed by atoms with Gasteiger partial charge in [-0.25, -0.2) is 9.78 Å². The van der Waals surface area contributed by atoms with Crippen LogP contribution < -0.4 is 5.32 Å². The summed E-state index contributed by atoms with van der Waals surface area (Å²) >= 11 is 4.65. The minimum atomic E-state index is -1.00. The summed E-state index contributed by atoms with van der Waals surface area (Å²) in [6.07, 6.45) is 0. The SMILES string of the molecule is CCOC(=O)C(=O)Nc1c(C(=O)N(CC)CC)sc2nc(C)cc(-c3ccc(Br)cc3)c12. The molecule has 3 rings (SSSR count). The van der Waals surface area contributed by atoms with Crippen LogP contribution in [0.4, 0.5) is 5.69 Å². The number of esters is 1. The van der Waals surface area contributed by atoms with Crippen molar-refractivity contribution >= 4 is 61.0 Å². The zero-order valence-corrected chi connectivity index (χ0v) is 20.7.